The first kappa shape index (κ1) is 13.3. The Morgan fingerprint density at radius 1 is 1.43 bits per heavy atom. The molecular formula is C14H13N3O4. The molecule has 0 saturated heterocycles. The first-order valence-electron chi connectivity index (χ1n) is 6.31. The molecule has 0 aliphatic heterocycles. The fourth-order valence-electron chi connectivity index (χ4n) is 2.20. The van der Waals surface area contributed by atoms with Crippen molar-refractivity contribution in [1.29, 1.82) is 0 Å². The molecule has 0 spiro atoms. The third kappa shape index (κ3) is 2.50. The van der Waals surface area contributed by atoms with Gasteiger partial charge in [-0.1, -0.05) is 23.4 Å². The zero-order valence-electron chi connectivity index (χ0n) is 11.3. The van der Waals surface area contributed by atoms with E-state index >= 15 is 0 Å². The Morgan fingerprint density at radius 3 is 3.00 bits per heavy atom. The van der Waals surface area contributed by atoms with Crippen LogP contribution in [0.3, 0.4) is 0 Å². The average molecular weight is 287 g/mol. The predicted molar refractivity (Wildman–Crippen MR) is 73.0 cm³/mol. The highest BCUT2D eigenvalue weighted by molar-refractivity contribution is 6.01. The van der Waals surface area contributed by atoms with Crippen molar-refractivity contribution in [3.63, 3.8) is 0 Å². The number of para-hydroxylation sites is 1. The highest BCUT2D eigenvalue weighted by Crippen LogP contribution is 2.19. The molecule has 0 atom stereocenters. The number of nitrogens with zero attached hydrogens (tertiary/aromatic N) is 3. The van der Waals surface area contributed by atoms with Gasteiger partial charge < -0.3 is 14.4 Å². The van der Waals surface area contributed by atoms with E-state index in [-0.39, 0.29) is 5.69 Å². The summed E-state index contributed by atoms with van der Waals surface area (Å²) in [6, 6.07) is 8.95. The van der Waals surface area contributed by atoms with Gasteiger partial charge in [0.2, 0.25) is 0 Å². The van der Waals surface area contributed by atoms with Gasteiger partial charge in [-0.25, -0.2) is 4.79 Å². The van der Waals surface area contributed by atoms with Gasteiger partial charge in [-0.2, -0.15) is 5.10 Å². The lowest BCUT2D eigenvalue weighted by Gasteiger charge is -1.99. The number of carboxylic acids is 1. The second-order valence-electron chi connectivity index (χ2n) is 4.55. The maximum atomic E-state index is 11.2. The smallest absolute Gasteiger partial charge is 0.357 e. The molecule has 0 unspecified atom stereocenters. The number of aromatic nitrogens is 3. The van der Waals surface area contributed by atoms with Crippen LogP contribution in [-0.4, -0.2) is 33.1 Å². The molecular weight excluding hydrogens is 274 g/mol. The summed E-state index contributed by atoms with van der Waals surface area (Å²) in [6.07, 6.45) is 0. The fraction of sp³-hybridized carbons (Fsp3) is 0.214. The van der Waals surface area contributed by atoms with Crippen molar-refractivity contribution in [3.8, 4) is 0 Å². The summed E-state index contributed by atoms with van der Waals surface area (Å²) >= 11 is 0. The SMILES string of the molecule is COCc1cc(Cn2nc(C(=O)O)c3ccccc32)no1. The Balaban J connectivity index is 1.98. The van der Waals surface area contributed by atoms with Crippen LogP contribution in [0.25, 0.3) is 10.9 Å². The molecule has 7 heteroatoms. The van der Waals surface area contributed by atoms with Crippen molar-refractivity contribution >= 4 is 16.9 Å². The molecule has 7 nitrogen and oxygen atoms in total. The number of ether oxygens (including phenoxy) is 1. The molecule has 2 heterocycles. The monoisotopic (exact) mass is 287 g/mol. The zero-order valence-corrected chi connectivity index (χ0v) is 11.3. The lowest BCUT2D eigenvalue weighted by molar-refractivity contribution is 0.0691. The number of fused-ring (bicyclic) bond motifs is 1. The third-order valence-electron chi connectivity index (χ3n) is 3.07. The van der Waals surface area contributed by atoms with Crippen LogP contribution in [0.2, 0.25) is 0 Å². The van der Waals surface area contributed by atoms with E-state index in [0.717, 1.165) is 5.52 Å². The molecule has 3 aromatic rings. The van der Waals surface area contributed by atoms with E-state index in [0.29, 0.717) is 30.0 Å². The number of methoxy groups -OCH3 is 1. The molecule has 0 amide bonds. The highest BCUT2D eigenvalue weighted by atomic mass is 16.5. The van der Waals surface area contributed by atoms with E-state index in [1.54, 1.807) is 30.0 Å². The lowest BCUT2D eigenvalue weighted by atomic mass is 10.2. The molecule has 3 rings (SSSR count). The standard InChI is InChI=1S/C14H13N3O4/c1-20-8-10-6-9(16-21-10)7-17-12-5-3-2-4-11(12)13(15-17)14(18)19/h2-6H,7-8H2,1H3,(H,18,19). The maximum absolute atomic E-state index is 11.2. The van der Waals surface area contributed by atoms with Crippen molar-refractivity contribution in [3.05, 3.63) is 47.5 Å². The van der Waals surface area contributed by atoms with Gasteiger partial charge in [0.15, 0.2) is 11.5 Å². The summed E-state index contributed by atoms with van der Waals surface area (Å²) in [6.45, 7) is 0.675. The van der Waals surface area contributed by atoms with E-state index < -0.39 is 5.97 Å². The minimum Gasteiger partial charge on any atom is -0.476 e. The van der Waals surface area contributed by atoms with Crippen LogP contribution in [0, 0.1) is 0 Å². The second-order valence-corrected chi connectivity index (χ2v) is 4.55. The van der Waals surface area contributed by atoms with Crippen molar-refractivity contribution in [2.75, 3.05) is 7.11 Å². The fourth-order valence-corrected chi connectivity index (χ4v) is 2.20. The zero-order chi connectivity index (χ0) is 14.8. The normalized spacial score (nSPS) is 11.1. The summed E-state index contributed by atoms with van der Waals surface area (Å²) in [5.41, 5.74) is 1.43. The van der Waals surface area contributed by atoms with Crippen LogP contribution in [0.1, 0.15) is 21.9 Å². The Bertz CT molecular complexity index is 790. The van der Waals surface area contributed by atoms with Crippen LogP contribution < -0.4 is 0 Å². The Hall–Kier alpha value is -2.67. The molecule has 0 aliphatic carbocycles. The van der Waals surface area contributed by atoms with Gasteiger partial charge in [-0.3, -0.25) is 4.68 Å². The lowest BCUT2D eigenvalue weighted by Crippen LogP contribution is -2.04. The highest BCUT2D eigenvalue weighted by Gasteiger charge is 2.16. The Kier molecular flexibility index (Phi) is 3.41. The topological polar surface area (TPSA) is 90.4 Å². The maximum Gasteiger partial charge on any atom is 0.357 e. The molecule has 1 aromatic carbocycles. The molecule has 0 aliphatic rings. The molecule has 0 fully saturated rings. The molecule has 108 valence electrons. The molecule has 2 aromatic heterocycles. The van der Waals surface area contributed by atoms with Crippen molar-refractivity contribution in [2.24, 2.45) is 0 Å². The largest absolute Gasteiger partial charge is 0.476 e. The number of carbonyl (C=O) groups is 1. The second kappa shape index (κ2) is 5.37. The number of benzene rings is 1. The van der Waals surface area contributed by atoms with Crippen LogP contribution in [0.4, 0.5) is 0 Å². The first-order chi connectivity index (χ1) is 10.2. The van der Waals surface area contributed by atoms with E-state index in [9.17, 15) is 9.90 Å². The summed E-state index contributed by atoms with van der Waals surface area (Å²) in [5.74, 6) is -0.437. The van der Waals surface area contributed by atoms with E-state index in [4.69, 9.17) is 9.26 Å². The quantitative estimate of drug-likeness (QED) is 0.771. The number of hydrogen-bond acceptors (Lipinski definition) is 5. The molecule has 1 N–H and O–H groups in total. The van der Waals surface area contributed by atoms with Crippen LogP contribution in [-0.2, 0) is 17.9 Å². The Labute approximate surface area is 119 Å². The number of rotatable bonds is 5. The van der Waals surface area contributed by atoms with Gasteiger partial charge in [-0.15, -0.1) is 0 Å². The average Bonchev–Trinajstić information content (AvgIpc) is 3.05. The Morgan fingerprint density at radius 2 is 2.24 bits per heavy atom. The first-order valence-corrected chi connectivity index (χ1v) is 6.31. The third-order valence-corrected chi connectivity index (χ3v) is 3.07. The molecule has 21 heavy (non-hydrogen) atoms. The van der Waals surface area contributed by atoms with E-state index in [1.807, 2.05) is 12.1 Å². The molecule has 0 saturated carbocycles. The van der Waals surface area contributed by atoms with Crippen LogP contribution in [0.15, 0.2) is 34.9 Å². The summed E-state index contributed by atoms with van der Waals surface area (Å²) in [7, 11) is 1.57. The van der Waals surface area contributed by atoms with Gasteiger partial charge in [0.1, 0.15) is 12.3 Å². The molecule has 0 radical (unpaired) electrons. The van der Waals surface area contributed by atoms with E-state index in [2.05, 4.69) is 10.3 Å². The van der Waals surface area contributed by atoms with Gasteiger partial charge in [0.05, 0.1) is 12.1 Å². The van der Waals surface area contributed by atoms with Crippen molar-refractivity contribution < 1.29 is 19.2 Å². The van der Waals surface area contributed by atoms with Crippen LogP contribution >= 0.6 is 0 Å². The predicted octanol–water partition coefficient (Wildman–Crippen LogP) is 1.92. The van der Waals surface area contributed by atoms with Crippen LogP contribution in [0.5, 0.6) is 0 Å². The van der Waals surface area contributed by atoms with Gasteiger partial charge >= 0.3 is 5.97 Å². The summed E-state index contributed by atoms with van der Waals surface area (Å²) < 4.78 is 11.7. The summed E-state index contributed by atoms with van der Waals surface area (Å²) in [4.78, 5) is 11.2. The minimum atomic E-state index is -1.05. The van der Waals surface area contributed by atoms with Crippen molar-refractivity contribution in [1.82, 2.24) is 14.9 Å². The minimum absolute atomic E-state index is 0.0335. The number of carboxylic acid groups (broad SMARTS) is 1. The molecule has 0 bridgehead atoms. The number of aromatic carboxylic acids is 1. The van der Waals surface area contributed by atoms with Crippen molar-refractivity contribution in [2.45, 2.75) is 13.2 Å². The number of hydrogen-bond donors (Lipinski definition) is 1. The van der Waals surface area contributed by atoms with Gasteiger partial charge in [0, 0.05) is 18.6 Å². The van der Waals surface area contributed by atoms with E-state index in [1.165, 1.54) is 0 Å². The van der Waals surface area contributed by atoms with Gasteiger partial charge in [-0.05, 0) is 6.07 Å². The van der Waals surface area contributed by atoms with Gasteiger partial charge in [0.25, 0.3) is 0 Å². The summed E-state index contributed by atoms with van der Waals surface area (Å²) in [5, 5.41) is 17.9.